The molecule has 4 heteroatoms. The molecule has 0 saturated heterocycles. The Morgan fingerprint density at radius 2 is 2.18 bits per heavy atom. The van der Waals surface area contributed by atoms with Gasteiger partial charge in [-0.2, -0.15) is 0 Å². The molecule has 0 aliphatic heterocycles. The van der Waals surface area contributed by atoms with Gasteiger partial charge in [0.1, 0.15) is 5.82 Å². The molecular formula is C13H16ClN3. The molecule has 0 aliphatic rings. The summed E-state index contributed by atoms with van der Waals surface area (Å²) in [5.74, 6) is 1.01. The molecular weight excluding hydrogens is 234 g/mol. The SMILES string of the molecule is Cc1nc(CCN)n(C)c1-c1cccc(Cl)c1. The van der Waals surface area contributed by atoms with Gasteiger partial charge in [-0.3, -0.25) is 0 Å². The lowest BCUT2D eigenvalue weighted by molar-refractivity contribution is 0.782. The van der Waals surface area contributed by atoms with Crippen LogP contribution in [0.3, 0.4) is 0 Å². The molecule has 1 aromatic heterocycles. The summed E-state index contributed by atoms with van der Waals surface area (Å²) in [6.45, 7) is 2.62. The molecule has 0 saturated carbocycles. The lowest BCUT2D eigenvalue weighted by Gasteiger charge is -2.06. The van der Waals surface area contributed by atoms with Crippen molar-refractivity contribution in [2.24, 2.45) is 12.8 Å². The highest BCUT2D eigenvalue weighted by Crippen LogP contribution is 2.26. The second-order valence-electron chi connectivity index (χ2n) is 4.07. The van der Waals surface area contributed by atoms with E-state index in [9.17, 15) is 0 Å². The number of imidazole rings is 1. The molecule has 0 bridgehead atoms. The number of aryl methyl sites for hydroxylation is 1. The highest BCUT2D eigenvalue weighted by Gasteiger charge is 2.12. The lowest BCUT2D eigenvalue weighted by Crippen LogP contribution is -2.08. The van der Waals surface area contributed by atoms with Crippen molar-refractivity contribution in [3.8, 4) is 11.3 Å². The molecule has 0 atom stereocenters. The van der Waals surface area contributed by atoms with Crippen LogP contribution in [0.2, 0.25) is 5.02 Å². The smallest absolute Gasteiger partial charge is 0.110 e. The Hall–Kier alpha value is -1.32. The number of nitrogens with zero attached hydrogens (tertiary/aromatic N) is 2. The maximum Gasteiger partial charge on any atom is 0.110 e. The van der Waals surface area contributed by atoms with E-state index in [0.717, 1.165) is 34.2 Å². The third-order valence-electron chi connectivity index (χ3n) is 2.83. The van der Waals surface area contributed by atoms with E-state index < -0.39 is 0 Å². The van der Waals surface area contributed by atoms with Crippen molar-refractivity contribution in [2.45, 2.75) is 13.3 Å². The predicted octanol–water partition coefficient (Wildman–Crippen LogP) is 2.55. The molecule has 0 amide bonds. The molecule has 3 nitrogen and oxygen atoms in total. The van der Waals surface area contributed by atoms with Crippen LogP contribution in [0.15, 0.2) is 24.3 Å². The number of nitrogens with two attached hydrogens (primary N) is 1. The fraction of sp³-hybridized carbons (Fsp3) is 0.308. The predicted molar refractivity (Wildman–Crippen MR) is 71.1 cm³/mol. The van der Waals surface area contributed by atoms with Crippen LogP contribution in [0.5, 0.6) is 0 Å². The largest absolute Gasteiger partial charge is 0.331 e. The van der Waals surface area contributed by atoms with Gasteiger partial charge in [0.15, 0.2) is 0 Å². The number of aromatic nitrogens is 2. The minimum atomic E-state index is 0.610. The Balaban J connectivity index is 2.52. The molecule has 0 fully saturated rings. The van der Waals surface area contributed by atoms with E-state index >= 15 is 0 Å². The summed E-state index contributed by atoms with van der Waals surface area (Å²) in [5, 5.41) is 0.739. The fourth-order valence-corrected chi connectivity index (χ4v) is 2.27. The molecule has 2 aromatic rings. The van der Waals surface area contributed by atoms with Crippen molar-refractivity contribution in [1.29, 1.82) is 0 Å². The zero-order chi connectivity index (χ0) is 12.4. The number of rotatable bonds is 3. The van der Waals surface area contributed by atoms with Crippen LogP contribution < -0.4 is 5.73 Å². The van der Waals surface area contributed by atoms with Crippen LogP contribution in [-0.2, 0) is 13.5 Å². The minimum Gasteiger partial charge on any atom is -0.331 e. The first kappa shape index (κ1) is 12.1. The van der Waals surface area contributed by atoms with Crippen molar-refractivity contribution in [1.82, 2.24) is 9.55 Å². The summed E-state index contributed by atoms with van der Waals surface area (Å²) >= 11 is 6.02. The minimum absolute atomic E-state index is 0.610. The summed E-state index contributed by atoms with van der Waals surface area (Å²) in [6.07, 6.45) is 0.790. The van der Waals surface area contributed by atoms with Crippen molar-refractivity contribution < 1.29 is 0 Å². The van der Waals surface area contributed by atoms with E-state index in [1.54, 1.807) is 0 Å². The summed E-state index contributed by atoms with van der Waals surface area (Å²) in [7, 11) is 2.02. The summed E-state index contributed by atoms with van der Waals surface area (Å²) in [4.78, 5) is 4.55. The average Bonchev–Trinajstić information content (AvgIpc) is 2.55. The van der Waals surface area contributed by atoms with Gasteiger partial charge in [-0.1, -0.05) is 23.7 Å². The van der Waals surface area contributed by atoms with Gasteiger partial charge in [0.25, 0.3) is 0 Å². The molecule has 17 heavy (non-hydrogen) atoms. The molecule has 0 spiro atoms. The van der Waals surface area contributed by atoms with Crippen LogP contribution >= 0.6 is 11.6 Å². The third kappa shape index (κ3) is 2.35. The lowest BCUT2D eigenvalue weighted by atomic mass is 10.1. The number of hydrogen-bond donors (Lipinski definition) is 1. The highest BCUT2D eigenvalue weighted by atomic mass is 35.5. The van der Waals surface area contributed by atoms with Gasteiger partial charge in [-0.15, -0.1) is 0 Å². The van der Waals surface area contributed by atoms with Crippen LogP contribution in [0.4, 0.5) is 0 Å². The van der Waals surface area contributed by atoms with E-state index in [0.29, 0.717) is 6.54 Å². The maximum atomic E-state index is 6.02. The topological polar surface area (TPSA) is 43.8 Å². The highest BCUT2D eigenvalue weighted by molar-refractivity contribution is 6.30. The molecule has 0 aliphatic carbocycles. The first-order valence-corrected chi connectivity index (χ1v) is 5.99. The molecule has 1 heterocycles. The maximum absolute atomic E-state index is 6.02. The second-order valence-corrected chi connectivity index (χ2v) is 4.51. The quantitative estimate of drug-likeness (QED) is 0.909. The molecule has 1 aromatic carbocycles. The summed E-state index contributed by atoms with van der Waals surface area (Å²) in [5.41, 5.74) is 8.79. The first-order chi connectivity index (χ1) is 8.13. The molecule has 2 rings (SSSR count). The van der Waals surface area contributed by atoms with Crippen LogP contribution in [0.25, 0.3) is 11.3 Å². The molecule has 0 radical (unpaired) electrons. The van der Waals surface area contributed by atoms with Gasteiger partial charge < -0.3 is 10.3 Å². The van der Waals surface area contributed by atoms with Gasteiger partial charge >= 0.3 is 0 Å². The Labute approximate surface area is 106 Å². The van der Waals surface area contributed by atoms with Crippen LogP contribution in [0, 0.1) is 6.92 Å². The number of halogens is 1. The Morgan fingerprint density at radius 1 is 1.41 bits per heavy atom. The van der Waals surface area contributed by atoms with Gasteiger partial charge in [-0.25, -0.2) is 4.98 Å². The number of benzene rings is 1. The zero-order valence-electron chi connectivity index (χ0n) is 10.1. The van der Waals surface area contributed by atoms with Gasteiger partial charge in [0.05, 0.1) is 11.4 Å². The van der Waals surface area contributed by atoms with Crippen molar-refractivity contribution in [2.75, 3.05) is 6.54 Å². The standard InChI is InChI=1S/C13H16ClN3/c1-9-13(10-4-3-5-11(14)8-10)17(2)12(16-9)6-7-15/h3-5,8H,6-7,15H2,1-2H3. The van der Waals surface area contributed by atoms with Crippen molar-refractivity contribution in [3.05, 3.63) is 40.8 Å². The monoisotopic (exact) mass is 249 g/mol. The van der Waals surface area contributed by atoms with E-state index in [1.165, 1.54) is 0 Å². The first-order valence-electron chi connectivity index (χ1n) is 5.61. The number of hydrogen-bond acceptors (Lipinski definition) is 2. The van der Waals surface area contributed by atoms with E-state index in [-0.39, 0.29) is 0 Å². The molecule has 2 N–H and O–H groups in total. The fourth-order valence-electron chi connectivity index (χ4n) is 2.08. The summed E-state index contributed by atoms with van der Waals surface area (Å²) in [6, 6.07) is 7.82. The Bertz CT molecular complexity index is 531. The average molecular weight is 250 g/mol. The van der Waals surface area contributed by atoms with E-state index in [4.69, 9.17) is 17.3 Å². The van der Waals surface area contributed by atoms with Gasteiger partial charge in [-0.05, 0) is 25.6 Å². The van der Waals surface area contributed by atoms with Crippen molar-refractivity contribution >= 4 is 11.6 Å². The van der Waals surface area contributed by atoms with E-state index in [2.05, 4.69) is 9.55 Å². The Kier molecular flexibility index (Phi) is 3.50. The third-order valence-corrected chi connectivity index (χ3v) is 3.06. The van der Waals surface area contributed by atoms with Crippen LogP contribution in [-0.4, -0.2) is 16.1 Å². The van der Waals surface area contributed by atoms with E-state index in [1.807, 2.05) is 38.2 Å². The van der Waals surface area contributed by atoms with Gasteiger partial charge in [0, 0.05) is 24.1 Å². The normalized spacial score (nSPS) is 10.8. The molecule has 90 valence electrons. The van der Waals surface area contributed by atoms with Crippen molar-refractivity contribution in [3.63, 3.8) is 0 Å². The summed E-state index contributed by atoms with van der Waals surface area (Å²) < 4.78 is 2.09. The molecule has 0 unspecified atom stereocenters. The second kappa shape index (κ2) is 4.90. The van der Waals surface area contributed by atoms with Gasteiger partial charge in [0.2, 0.25) is 0 Å². The zero-order valence-corrected chi connectivity index (χ0v) is 10.8. The van der Waals surface area contributed by atoms with Crippen LogP contribution in [0.1, 0.15) is 11.5 Å². The Morgan fingerprint density at radius 3 is 2.82 bits per heavy atom.